The van der Waals surface area contributed by atoms with Crippen LogP contribution in [0.15, 0.2) is 18.2 Å². The Kier molecular flexibility index (Phi) is 3.98. The van der Waals surface area contributed by atoms with Gasteiger partial charge >= 0.3 is 0 Å². The first-order chi connectivity index (χ1) is 10.1. The van der Waals surface area contributed by atoms with E-state index in [1.54, 1.807) is 0 Å². The van der Waals surface area contributed by atoms with E-state index in [1.807, 2.05) is 4.68 Å². The van der Waals surface area contributed by atoms with E-state index >= 15 is 0 Å². The Balaban J connectivity index is 1.79. The van der Waals surface area contributed by atoms with Gasteiger partial charge in [0.05, 0.1) is 12.2 Å². The zero-order valence-electron chi connectivity index (χ0n) is 13.0. The van der Waals surface area contributed by atoms with Gasteiger partial charge in [0.1, 0.15) is 0 Å². The predicted octanol–water partition coefficient (Wildman–Crippen LogP) is 1.03. The van der Waals surface area contributed by atoms with Crippen molar-refractivity contribution in [1.29, 1.82) is 0 Å². The van der Waals surface area contributed by atoms with Gasteiger partial charge in [-0.3, -0.25) is 4.90 Å². The standard InChI is InChI=1S/C15H22N6/c1-12-4-5-14(10-13(12)2)21-15(16-17-18-21)11-20-8-6-19(3)7-9-20/h4-5,10H,6-9,11H2,1-3H3. The van der Waals surface area contributed by atoms with Crippen molar-refractivity contribution < 1.29 is 0 Å². The van der Waals surface area contributed by atoms with Crippen LogP contribution in [0.25, 0.3) is 5.69 Å². The fourth-order valence-corrected chi connectivity index (χ4v) is 2.57. The summed E-state index contributed by atoms with van der Waals surface area (Å²) in [6.07, 6.45) is 0. The van der Waals surface area contributed by atoms with Crippen LogP contribution in [0.4, 0.5) is 0 Å². The molecule has 0 bridgehead atoms. The van der Waals surface area contributed by atoms with Gasteiger partial charge in [0.15, 0.2) is 5.82 Å². The van der Waals surface area contributed by atoms with E-state index in [0.29, 0.717) is 0 Å². The SMILES string of the molecule is Cc1ccc(-n2nnnc2CN2CCN(C)CC2)cc1C. The zero-order valence-corrected chi connectivity index (χ0v) is 13.0. The van der Waals surface area contributed by atoms with Crippen molar-refractivity contribution in [2.24, 2.45) is 0 Å². The summed E-state index contributed by atoms with van der Waals surface area (Å²) in [5, 5.41) is 12.2. The van der Waals surface area contributed by atoms with Gasteiger partial charge in [-0.25, -0.2) is 0 Å². The van der Waals surface area contributed by atoms with E-state index in [9.17, 15) is 0 Å². The van der Waals surface area contributed by atoms with Crippen LogP contribution >= 0.6 is 0 Å². The molecule has 0 spiro atoms. The number of piperazine rings is 1. The van der Waals surface area contributed by atoms with Crippen molar-refractivity contribution in [1.82, 2.24) is 30.0 Å². The van der Waals surface area contributed by atoms with Gasteiger partial charge in [-0.1, -0.05) is 6.07 Å². The molecule has 1 aromatic heterocycles. The molecule has 21 heavy (non-hydrogen) atoms. The first kappa shape index (κ1) is 14.2. The van der Waals surface area contributed by atoms with Crippen molar-refractivity contribution >= 4 is 0 Å². The van der Waals surface area contributed by atoms with Crippen LogP contribution in [0, 0.1) is 13.8 Å². The smallest absolute Gasteiger partial charge is 0.170 e. The van der Waals surface area contributed by atoms with Crippen molar-refractivity contribution in [3.05, 3.63) is 35.2 Å². The number of aromatic nitrogens is 4. The van der Waals surface area contributed by atoms with E-state index in [2.05, 4.69) is 64.4 Å². The van der Waals surface area contributed by atoms with E-state index in [1.165, 1.54) is 11.1 Å². The lowest BCUT2D eigenvalue weighted by atomic mass is 10.1. The lowest BCUT2D eigenvalue weighted by Crippen LogP contribution is -2.44. The highest BCUT2D eigenvalue weighted by Crippen LogP contribution is 2.15. The van der Waals surface area contributed by atoms with Crippen LogP contribution < -0.4 is 0 Å². The summed E-state index contributed by atoms with van der Waals surface area (Å²) in [7, 11) is 2.16. The van der Waals surface area contributed by atoms with Crippen molar-refractivity contribution in [3.8, 4) is 5.69 Å². The monoisotopic (exact) mass is 286 g/mol. The molecule has 6 nitrogen and oxygen atoms in total. The molecule has 1 saturated heterocycles. The third kappa shape index (κ3) is 3.11. The number of nitrogens with zero attached hydrogens (tertiary/aromatic N) is 6. The maximum absolute atomic E-state index is 4.20. The number of aryl methyl sites for hydroxylation is 2. The molecule has 2 aromatic rings. The molecule has 112 valence electrons. The first-order valence-electron chi connectivity index (χ1n) is 7.39. The van der Waals surface area contributed by atoms with Gasteiger partial charge < -0.3 is 4.90 Å². The molecule has 0 N–H and O–H groups in total. The largest absolute Gasteiger partial charge is 0.304 e. The molecular formula is C15H22N6. The Morgan fingerprint density at radius 1 is 1.05 bits per heavy atom. The molecule has 1 fully saturated rings. The quantitative estimate of drug-likeness (QED) is 0.843. The Bertz CT molecular complexity index is 612. The second kappa shape index (κ2) is 5.91. The topological polar surface area (TPSA) is 50.1 Å². The minimum Gasteiger partial charge on any atom is -0.304 e. The number of likely N-dealkylation sites (N-methyl/N-ethyl adjacent to an activating group) is 1. The summed E-state index contributed by atoms with van der Waals surface area (Å²) < 4.78 is 1.85. The molecule has 0 amide bonds. The van der Waals surface area contributed by atoms with Gasteiger partial charge in [0.25, 0.3) is 0 Å². The van der Waals surface area contributed by atoms with E-state index in [0.717, 1.165) is 44.2 Å². The molecule has 2 heterocycles. The third-order valence-electron chi connectivity index (χ3n) is 4.23. The third-order valence-corrected chi connectivity index (χ3v) is 4.23. The van der Waals surface area contributed by atoms with E-state index < -0.39 is 0 Å². The van der Waals surface area contributed by atoms with E-state index in [-0.39, 0.29) is 0 Å². The maximum atomic E-state index is 4.20. The zero-order chi connectivity index (χ0) is 14.8. The molecule has 0 unspecified atom stereocenters. The lowest BCUT2D eigenvalue weighted by molar-refractivity contribution is 0.144. The van der Waals surface area contributed by atoms with Gasteiger partial charge in [-0.15, -0.1) is 5.10 Å². The Hall–Kier alpha value is -1.79. The fraction of sp³-hybridized carbons (Fsp3) is 0.533. The van der Waals surface area contributed by atoms with E-state index in [4.69, 9.17) is 0 Å². The summed E-state index contributed by atoms with van der Waals surface area (Å²) in [4.78, 5) is 4.76. The number of benzene rings is 1. The molecule has 6 heteroatoms. The number of hydrogen-bond acceptors (Lipinski definition) is 5. The van der Waals surface area contributed by atoms with Gasteiger partial charge in [-0.05, 0) is 54.6 Å². The highest BCUT2D eigenvalue weighted by molar-refractivity contribution is 5.39. The summed E-state index contributed by atoms with van der Waals surface area (Å²) in [5.41, 5.74) is 3.58. The summed E-state index contributed by atoms with van der Waals surface area (Å²) in [5.74, 6) is 0.905. The van der Waals surface area contributed by atoms with Crippen molar-refractivity contribution in [2.45, 2.75) is 20.4 Å². The lowest BCUT2D eigenvalue weighted by Gasteiger charge is -2.31. The summed E-state index contributed by atoms with van der Waals surface area (Å²) in [6, 6.07) is 6.33. The molecule has 1 aliphatic heterocycles. The Labute approximate surface area is 125 Å². The van der Waals surface area contributed by atoms with Crippen LogP contribution in [-0.4, -0.2) is 63.2 Å². The number of tetrazole rings is 1. The van der Waals surface area contributed by atoms with Crippen LogP contribution in [0.2, 0.25) is 0 Å². The van der Waals surface area contributed by atoms with Crippen molar-refractivity contribution in [3.63, 3.8) is 0 Å². The Morgan fingerprint density at radius 3 is 2.52 bits per heavy atom. The molecule has 0 saturated carbocycles. The van der Waals surface area contributed by atoms with Crippen LogP contribution in [0.1, 0.15) is 17.0 Å². The Morgan fingerprint density at radius 2 is 1.81 bits per heavy atom. The molecule has 1 aromatic carbocycles. The minimum atomic E-state index is 0.799. The molecule has 1 aliphatic rings. The van der Waals surface area contributed by atoms with Gasteiger partial charge in [-0.2, -0.15) is 4.68 Å². The van der Waals surface area contributed by atoms with Gasteiger partial charge in [0, 0.05) is 26.2 Å². The highest BCUT2D eigenvalue weighted by atomic mass is 15.5. The maximum Gasteiger partial charge on any atom is 0.170 e. The fourth-order valence-electron chi connectivity index (χ4n) is 2.57. The van der Waals surface area contributed by atoms with Crippen molar-refractivity contribution in [2.75, 3.05) is 33.2 Å². The van der Waals surface area contributed by atoms with Crippen LogP contribution in [0.3, 0.4) is 0 Å². The molecule has 0 radical (unpaired) electrons. The molecular weight excluding hydrogens is 264 g/mol. The minimum absolute atomic E-state index is 0.799. The highest BCUT2D eigenvalue weighted by Gasteiger charge is 2.17. The average Bonchev–Trinajstić information content (AvgIpc) is 2.92. The summed E-state index contributed by atoms with van der Waals surface area (Å²) >= 11 is 0. The summed E-state index contributed by atoms with van der Waals surface area (Å²) in [6.45, 7) is 9.37. The second-order valence-corrected chi connectivity index (χ2v) is 5.85. The second-order valence-electron chi connectivity index (χ2n) is 5.85. The normalized spacial score (nSPS) is 17.3. The molecule has 0 aliphatic carbocycles. The average molecular weight is 286 g/mol. The number of hydrogen-bond donors (Lipinski definition) is 0. The van der Waals surface area contributed by atoms with Crippen LogP contribution in [-0.2, 0) is 6.54 Å². The van der Waals surface area contributed by atoms with Gasteiger partial charge in [0.2, 0.25) is 0 Å². The molecule has 0 atom stereocenters. The molecule has 3 rings (SSSR count). The first-order valence-corrected chi connectivity index (χ1v) is 7.39. The predicted molar refractivity (Wildman–Crippen MR) is 81.4 cm³/mol. The number of rotatable bonds is 3. The van der Waals surface area contributed by atoms with Crippen LogP contribution in [0.5, 0.6) is 0 Å².